The van der Waals surface area contributed by atoms with Gasteiger partial charge in [-0.3, -0.25) is 4.79 Å². The lowest BCUT2D eigenvalue weighted by molar-refractivity contribution is -0.127. The molecule has 1 aromatic heterocycles. The molecule has 0 aromatic carbocycles. The van der Waals surface area contributed by atoms with E-state index in [0.29, 0.717) is 18.1 Å². The summed E-state index contributed by atoms with van der Waals surface area (Å²) in [6, 6.07) is 0. The second-order valence-corrected chi connectivity index (χ2v) is 3.40. The first kappa shape index (κ1) is 13.0. The molecule has 0 aliphatic rings. The summed E-state index contributed by atoms with van der Waals surface area (Å²) in [7, 11) is 3.20. The molecule has 0 radical (unpaired) electrons. The molecule has 0 atom stereocenters. The van der Waals surface area contributed by atoms with Gasteiger partial charge >= 0.3 is 0 Å². The van der Waals surface area contributed by atoms with Gasteiger partial charge in [0.1, 0.15) is 6.33 Å². The fraction of sp³-hybridized carbons (Fsp3) is 0.500. The van der Waals surface area contributed by atoms with Crippen molar-refractivity contribution in [2.24, 2.45) is 0 Å². The number of nitrogens with one attached hydrogen (secondary N) is 1. The minimum absolute atomic E-state index is 0.0354. The number of nitrogens with two attached hydrogens (primary N) is 1. The fourth-order valence-electron chi connectivity index (χ4n) is 1.19. The molecule has 3 N–H and O–H groups in total. The highest BCUT2D eigenvalue weighted by Crippen LogP contribution is 2.25. The quantitative estimate of drug-likeness (QED) is 0.748. The molecule has 94 valence electrons. The Bertz CT molecular complexity index is 396. The monoisotopic (exact) mass is 239 g/mol. The summed E-state index contributed by atoms with van der Waals surface area (Å²) in [6.45, 7) is 2.70. The summed E-state index contributed by atoms with van der Waals surface area (Å²) in [5.41, 5.74) is 5.61. The van der Waals surface area contributed by atoms with Crippen LogP contribution in [-0.4, -0.2) is 48.0 Å². The summed E-state index contributed by atoms with van der Waals surface area (Å²) in [6.07, 6.45) is 1.31. The smallest absolute Gasteiger partial charge is 0.241 e. The van der Waals surface area contributed by atoms with Gasteiger partial charge in [0.2, 0.25) is 11.7 Å². The van der Waals surface area contributed by atoms with Crippen LogP contribution in [0.2, 0.25) is 0 Å². The standard InChI is InChI=1S/C10H17N5O2/c1-4-15(2)7(16)5-12-10-8(17-3)9(11)13-6-14-10/h6H,4-5H2,1-3H3,(H3,11,12,13,14). The maximum Gasteiger partial charge on any atom is 0.241 e. The van der Waals surface area contributed by atoms with Crippen LogP contribution in [0.15, 0.2) is 6.33 Å². The summed E-state index contributed by atoms with van der Waals surface area (Å²) in [5.74, 6) is 0.963. The Labute approximate surface area is 100.0 Å². The highest BCUT2D eigenvalue weighted by atomic mass is 16.5. The van der Waals surface area contributed by atoms with Gasteiger partial charge in [-0.25, -0.2) is 9.97 Å². The van der Waals surface area contributed by atoms with Crippen molar-refractivity contribution >= 4 is 17.5 Å². The average molecular weight is 239 g/mol. The van der Waals surface area contributed by atoms with Crippen molar-refractivity contribution in [3.63, 3.8) is 0 Å². The molecular formula is C10H17N5O2. The molecule has 17 heavy (non-hydrogen) atoms. The van der Waals surface area contributed by atoms with Gasteiger partial charge < -0.3 is 20.7 Å². The number of anilines is 2. The first-order chi connectivity index (χ1) is 8.10. The van der Waals surface area contributed by atoms with E-state index < -0.39 is 0 Å². The van der Waals surface area contributed by atoms with Gasteiger partial charge in [0, 0.05) is 13.6 Å². The molecule has 0 fully saturated rings. The molecule has 7 heteroatoms. The summed E-state index contributed by atoms with van der Waals surface area (Å²) >= 11 is 0. The van der Waals surface area contributed by atoms with Crippen LogP contribution < -0.4 is 15.8 Å². The summed E-state index contributed by atoms with van der Waals surface area (Å²) in [5, 5.41) is 2.87. The predicted molar refractivity (Wildman–Crippen MR) is 64.8 cm³/mol. The second kappa shape index (κ2) is 5.88. The zero-order valence-electron chi connectivity index (χ0n) is 10.2. The summed E-state index contributed by atoms with van der Waals surface area (Å²) in [4.78, 5) is 20.9. The summed E-state index contributed by atoms with van der Waals surface area (Å²) < 4.78 is 5.06. The van der Waals surface area contributed by atoms with Crippen LogP contribution in [-0.2, 0) is 4.79 Å². The van der Waals surface area contributed by atoms with Gasteiger partial charge in [-0.2, -0.15) is 0 Å². The van der Waals surface area contributed by atoms with E-state index in [2.05, 4.69) is 15.3 Å². The van der Waals surface area contributed by atoms with Crippen molar-refractivity contribution in [2.75, 3.05) is 38.3 Å². The number of rotatable bonds is 5. The van der Waals surface area contributed by atoms with Crippen molar-refractivity contribution < 1.29 is 9.53 Å². The molecule has 1 heterocycles. The van der Waals surface area contributed by atoms with E-state index in [1.807, 2.05) is 6.92 Å². The molecule has 1 aromatic rings. The molecule has 1 rings (SSSR count). The van der Waals surface area contributed by atoms with Crippen molar-refractivity contribution in [2.45, 2.75) is 6.92 Å². The van der Waals surface area contributed by atoms with E-state index in [0.717, 1.165) is 0 Å². The number of aromatic nitrogens is 2. The molecule has 0 saturated heterocycles. The van der Waals surface area contributed by atoms with Gasteiger partial charge in [0.15, 0.2) is 11.6 Å². The minimum atomic E-state index is -0.0354. The number of methoxy groups -OCH3 is 1. The van der Waals surface area contributed by atoms with Crippen LogP contribution in [0.25, 0.3) is 0 Å². The van der Waals surface area contributed by atoms with Gasteiger partial charge in [0.05, 0.1) is 13.7 Å². The number of amides is 1. The largest absolute Gasteiger partial charge is 0.490 e. The predicted octanol–water partition coefficient (Wildman–Crippen LogP) is -0.0424. The van der Waals surface area contributed by atoms with Gasteiger partial charge in [-0.15, -0.1) is 0 Å². The van der Waals surface area contributed by atoms with Crippen LogP contribution in [0.1, 0.15) is 6.92 Å². The van der Waals surface area contributed by atoms with Crippen molar-refractivity contribution in [1.29, 1.82) is 0 Å². The number of nitrogen functional groups attached to an aromatic ring is 1. The number of nitrogens with zero attached hydrogens (tertiary/aromatic N) is 3. The molecule has 0 bridgehead atoms. The van der Waals surface area contributed by atoms with Crippen LogP contribution in [0.5, 0.6) is 5.75 Å². The van der Waals surface area contributed by atoms with Crippen molar-refractivity contribution in [3.05, 3.63) is 6.33 Å². The molecule has 7 nitrogen and oxygen atoms in total. The molecule has 0 unspecified atom stereocenters. The number of likely N-dealkylation sites (N-methyl/N-ethyl adjacent to an activating group) is 1. The van der Waals surface area contributed by atoms with E-state index in [9.17, 15) is 4.79 Å². The molecule has 0 saturated carbocycles. The van der Waals surface area contributed by atoms with Gasteiger partial charge in [-0.05, 0) is 6.92 Å². The topological polar surface area (TPSA) is 93.4 Å². The fourth-order valence-corrected chi connectivity index (χ4v) is 1.19. The lowest BCUT2D eigenvalue weighted by atomic mass is 10.4. The van der Waals surface area contributed by atoms with E-state index in [4.69, 9.17) is 10.5 Å². The number of hydrogen-bond donors (Lipinski definition) is 2. The van der Waals surface area contributed by atoms with E-state index in [1.165, 1.54) is 13.4 Å². The zero-order chi connectivity index (χ0) is 12.8. The van der Waals surface area contributed by atoms with Crippen molar-refractivity contribution in [3.8, 4) is 5.75 Å². The molecule has 0 aliphatic carbocycles. The van der Waals surface area contributed by atoms with E-state index in [1.54, 1.807) is 11.9 Å². The highest BCUT2D eigenvalue weighted by Gasteiger charge is 2.11. The molecule has 1 amide bonds. The molecule has 0 spiro atoms. The maximum atomic E-state index is 11.6. The van der Waals surface area contributed by atoms with E-state index in [-0.39, 0.29) is 18.3 Å². The van der Waals surface area contributed by atoms with Crippen molar-refractivity contribution in [1.82, 2.24) is 14.9 Å². The Kier molecular flexibility index (Phi) is 4.50. The Morgan fingerprint density at radius 2 is 2.29 bits per heavy atom. The Hall–Kier alpha value is -2.05. The maximum absolute atomic E-state index is 11.6. The Balaban J connectivity index is 2.69. The molecular weight excluding hydrogens is 222 g/mol. The number of carbonyl (C=O) groups is 1. The Morgan fingerprint density at radius 3 is 2.88 bits per heavy atom. The van der Waals surface area contributed by atoms with E-state index >= 15 is 0 Å². The number of hydrogen-bond acceptors (Lipinski definition) is 6. The van der Waals surface area contributed by atoms with Crippen LogP contribution in [0.3, 0.4) is 0 Å². The van der Waals surface area contributed by atoms with Crippen LogP contribution in [0.4, 0.5) is 11.6 Å². The highest BCUT2D eigenvalue weighted by molar-refractivity contribution is 5.81. The van der Waals surface area contributed by atoms with Crippen LogP contribution in [0, 0.1) is 0 Å². The van der Waals surface area contributed by atoms with Crippen LogP contribution >= 0.6 is 0 Å². The lowest BCUT2D eigenvalue weighted by Gasteiger charge is -2.16. The molecule has 0 aliphatic heterocycles. The third-order valence-electron chi connectivity index (χ3n) is 2.34. The SMILES string of the molecule is CCN(C)C(=O)CNc1ncnc(N)c1OC. The second-order valence-electron chi connectivity index (χ2n) is 3.40. The van der Waals surface area contributed by atoms with Gasteiger partial charge in [0.25, 0.3) is 0 Å². The van der Waals surface area contributed by atoms with Gasteiger partial charge in [-0.1, -0.05) is 0 Å². The average Bonchev–Trinajstić information content (AvgIpc) is 2.34. The minimum Gasteiger partial charge on any atom is -0.490 e. The first-order valence-electron chi connectivity index (χ1n) is 5.22. The first-order valence-corrected chi connectivity index (χ1v) is 5.22. The normalized spacial score (nSPS) is 9.82. The zero-order valence-corrected chi connectivity index (χ0v) is 10.2. The Morgan fingerprint density at radius 1 is 1.59 bits per heavy atom. The third kappa shape index (κ3) is 3.20. The number of carbonyl (C=O) groups excluding carboxylic acids is 1. The lowest BCUT2D eigenvalue weighted by Crippen LogP contribution is -2.32. The third-order valence-corrected chi connectivity index (χ3v) is 2.34. The number of ether oxygens (including phenoxy) is 1.